The van der Waals surface area contributed by atoms with Crippen molar-refractivity contribution in [1.29, 1.82) is 0 Å². The summed E-state index contributed by atoms with van der Waals surface area (Å²) in [6.45, 7) is 6.27. The first-order valence-corrected chi connectivity index (χ1v) is 7.01. The average molecular weight is 306 g/mol. The SMILES string of the molecule is Cc1cc(C)c(-n2ccc3c(Cl)nnc(Cl)c32)c(C)c1. The van der Waals surface area contributed by atoms with Crippen LogP contribution in [0.25, 0.3) is 16.6 Å². The molecule has 0 saturated carbocycles. The van der Waals surface area contributed by atoms with Crippen LogP contribution < -0.4 is 0 Å². The largest absolute Gasteiger partial charge is 0.313 e. The molecule has 3 nitrogen and oxygen atoms in total. The molecule has 0 aliphatic carbocycles. The van der Waals surface area contributed by atoms with Crippen molar-refractivity contribution >= 4 is 34.1 Å². The molecule has 0 amide bonds. The van der Waals surface area contributed by atoms with E-state index in [2.05, 4.69) is 43.1 Å². The maximum atomic E-state index is 6.21. The lowest BCUT2D eigenvalue weighted by atomic mass is 10.0. The van der Waals surface area contributed by atoms with Crippen molar-refractivity contribution in [3.63, 3.8) is 0 Å². The molecular formula is C15H13Cl2N3. The highest BCUT2D eigenvalue weighted by Crippen LogP contribution is 2.31. The second-order valence-electron chi connectivity index (χ2n) is 4.98. The van der Waals surface area contributed by atoms with E-state index in [0.717, 1.165) is 16.6 Å². The van der Waals surface area contributed by atoms with Crippen LogP contribution in [0.15, 0.2) is 24.4 Å². The molecule has 0 radical (unpaired) electrons. The Kier molecular flexibility index (Phi) is 3.19. The van der Waals surface area contributed by atoms with Crippen LogP contribution in [0.5, 0.6) is 0 Å². The van der Waals surface area contributed by atoms with Crippen molar-refractivity contribution in [3.8, 4) is 5.69 Å². The van der Waals surface area contributed by atoms with Gasteiger partial charge in [-0.15, -0.1) is 10.2 Å². The number of hydrogen-bond acceptors (Lipinski definition) is 2. The molecule has 5 heteroatoms. The van der Waals surface area contributed by atoms with Crippen molar-refractivity contribution in [2.75, 3.05) is 0 Å². The molecular weight excluding hydrogens is 293 g/mol. The van der Waals surface area contributed by atoms with Crippen molar-refractivity contribution in [2.24, 2.45) is 0 Å². The molecule has 102 valence electrons. The summed E-state index contributed by atoms with van der Waals surface area (Å²) < 4.78 is 2.03. The quantitative estimate of drug-likeness (QED) is 0.655. The normalized spacial score (nSPS) is 11.2. The van der Waals surface area contributed by atoms with Gasteiger partial charge in [0.25, 0.3) is 0 Å². The number of aryl methyl sites for hydroxylation is 3. The van der Waals surface area contributed by atoms with Gasteiger partial charge in [0.15, 0.2) is 10.3 Å². The number of aromatic nitrogens is 3. The van der Waals surface area contributed by atoms with E-state index in [0.29, 0.717) is 10.3 Å². The summed E-state index contributed by atoms with van der Waals surface area (Å²) in [5, 5.41) is 9.28. The first-order chi connectivity index (χ1) is 9.49. The van der Waals surface area contributed by atoms with E-state index in [-0.39, 0.29) is 0 Å². The number of fused-ring (bicyclic) bond motifs is 1. The maximum Gasteiger partial charge on any atom is 0.176 e. The molecule has 0 atom stereocenters. The van der Waals surface area contributed by atoms with Crippen molar-refractivity contribution in [1.82, 2.24) is 14.8 Å². The zero-order valence-corrected chi connectivity index (χ0v) is 12.9. The third-order valence-electron chi connectivity index (χ3n) is 3.41. The lowest BCUT2D eigenvalue weighted by molar-refractivity contribution is 1.02. The molecule has 0 saturated heterocycles. The van der Waals surface area contributed by atoms with Crippen LogP contribution in [0.4, 0.5) is 0 Å². The first-order valence-electron chi connectivity index (χ1n) is 6.26. The van der Waals surface area contributed by atoms with Crippen LogP contribution in [0.3, 0.4) is 0 Å². The highest BCUT2D eigenvalue weighted by molar-refractivity contribution is 6.38. The van der Waals surface area contributed by atoms with Gasteiger partial charge in [-0.25, -0.2) is 0 Å². The average Bonchev–Trinajstić information content (AvgIpc) is 2.78. The monoisotopic (exact) mass is 305 g/mol. The minimum absolute atomic E-state index is 0.355. The van der Waals surface area contributed by atoms with Gasteiger partial charge < -0.3 is 4.57 Å². The van der Waals surface area contributed by atoms with E-state index in [1.165, 1.54) is 16.7 Å². The third kappa shape index (κ3) is 1.98. The summed E-state index contributed by atoms with van der Waals surface area (Å²) in [6.07, 6.45) is 1.95. The maximum absolute atomic E-state index is 6.21. The molecule has 20 heavy (non-hydrogen) atoms. The van der Waals surface area contributed by atoms with Gasteiger partial charge in [-0.3, -0.25) is 0 Å². The highest BCUT2D eigenvalue weighted by Gasteiger charge is 2.15. The lowest BCUT2D eigenvalue weighted by Gasteiger charge is -2.14. The Labute approximate surface area is 127 Å². The van der Waals surface area contributed by atoms with Gasteiger partial charge in [0.05, 0.1) is 11.2 Å². The summed E-state index contributed by atoms with van der Waals surface area (Å²) in [5.41, 5.74) is 5.51. The van der Waals surface area contributed by atoms with Crippen molar-refractivity contribution < 1.29 is 0 Å². The predicted octanol–water partition coefficient (Wildman–Crippen LogP) is 4.65. The topological polar surface area (TPSA) is 30.7 Å². The summed E-state index contributed by atoms with van der Waals surface area (Å²) in [7, 11) is 0. The van der Waals surface area contributed by atoms with E-state index in [9.17, 15) is 0 Å². The first kappa shape index (κ1) is 13.4. The molecule has 0 N–H and O–H groups in total. The van der Waals surface area contributed by atoms with Gasteiger partial charge in [-0.1, -0.05) is 40.9 Å². The predicted molar refractivity (Wildman–Crippen MR) is 83.1 cm³/mol. The van der Waals surface area contributed by atoms with Gasteiger partial charge in [0, 0.05) is 11.6 Å². The molecule has 0 unspecified atom stereocenters. The van der Waals surface area contributed by atoms with Crippen LogP contribution >= 0.6 is 23.2 Å². The number of hydrogen-bond donors (Lipinski definition) is 0. The fraction of sp³-hybridized carbons (Fsp3) is 0.200. The van der Waals surface area contributed by atoms with E-state index >= 15 is 0 Å². The summed E-state index contributed by atoms with van der Waals surface area (Å²) in [4.78, 5) is 0. The number of halogens is 2. The summed E-state index contributed by atoms with van der Waals surface area (Å²) in [5.74, 6) is 0. The van der Waals surface area contributed by atoms with Crippen LogP contribution in [-0.2, 0) is 0 Å². The zero-order chi connectivity index (χ0) is 14.4. The minimum atomic E-state index is 0.355. The van der Waals surface area contributed by atoms with Crippen LogP contribution in [0.2, 0.25) is 10.3 Å². The molecule has 0 aliphatic heterocycles. The molecule has 3 aromatic rings. The van der Waals surface area contributed by atoms with Crippen LogP contribution in [0, 0.1) is 20.8 Å². The van der Waals surface area contributed by atoms with E-state index in [1.54, 1.807) is 0 Å². The summed E-state index contributed by atoms with van der Waals surface area (Å²) in [6, 6.07) is 6.22. The fourth-order valence-electron chi connectivity index (χ4n) is 2.74. The van der Waals surface area contributed by atoms with E-state index < -0.39 is 0 Å². The smallest absolute Gasteiger partial charge is 0.176 e. The second kappa shape index (κ2) is 4.76. The molecule has 3 rings (SSSR count). The summed E-state index contributed by atoms with van der Waals surface area (Å²) >= 11 is 12.3. The Balaban J connectivity index is 2.40. The van der Waals surface area contributed by atoms with E-state index in [1.807, 2.05) is 16.8 Å². The molecule has 0 fully saturated rings. The Morgan fingerprint density at radius 3 is 2.20 bits per heavy atom. The standard InChI is InChI=1S/C15H13Cl2N3/c1-8-6-9(2)12(10(3)7-8)20-5-4-11-13(20)15(17)19-18-14(11)16/h4-7H,1-3H3. The molecule has 0 aliphatic rings. The van der Waals surface area contributed by atoms with Gasteiger partial charge in [-0.2, -0.15) is 0 Å². The number of rotatable bonds is 1. The van der Waals surface area contributed by atoms with Crippen molar-refractivity contribution in [3.05, 3.63) is 51.4 Å². The Morgan fingerprint density at radius 2 is 1.55 bits per heavy atom. The number of nitrogens with zero attached hydrogens (tertiary/aromatic N) is 3. The van der Waals surface area contributed by atoms with Crippen LogP contribution in [0.1, 0.15) is 16.7 Å². The minimum Gasteiger partial charge on any atom is -0.313 e. The molecule has 2 aromatic heterocycles. The van der Waals surface area contributed by atoms with Gasteiger partial charge in [0.2, 0.25) is 0 Å². The molecule has 1 aromatic carbocycles. The van der Waals surface area contributed by atoms with Gasteiger partial charge in [-0.05, 0) is 38.0 Å². The van der Waals surface area contributed by atoms with Crippen LogP contribution in [-0.4, -0.2) is 14.8 Å². The Morgan fingerprint density at radius 1 is 0.950 bits per heavy atom. The van der Waals surface area contributed by atoms with Gasteiger partial charge >= 0.3 is 0 Å². The highest BCUT2D eigenvalue weighted by atomic mass is 35.5. The molecule has 2 heterocycles. The molecule has 0 spiro atoms. The zero-order valence-electron chi connectivity index (χ0n) is 11.4. The molecule has 0 bridgehead atoms. The van der Waals surface area contributed by atoms with Gasteiger partial charge in [0.1, 0.15) is 0 Å². The number of benzene rings is 1. The van der Waals surface area contributed by atoms with Crippen molar-refractivity contribution in [2.45, 2.75) is 20.8 Å². The Bertz CT molecular complexity index is 798. The lowest BCUT2D eigenvalue weighted by Crippen LogP contribution is -2.01. The van der Waals surface area contributed by atoms with E-state index in [4.69, 9.17) is 23.2 Å². The third-order valence-corrected chi connectivity index (χ3v) is 3.94. The second-order valence-corrected chi connectivity index (χ2v) is 5.69. The fourth-order valence-corrected chi connectivity index (χ4v) is 3.16. The Hall–Kier alpha value is -1.58.